The van der Waals surface area contributed by atoms with Gasteiger partial charge in [0.1, 0.15) is 12.2 Å². The van der Waals surface area contributed by atoms with Crippen LogP contribution in [0.25, 0.3) is 0 Å². The monoisotopic (exact) mass is 672 g/mol. The van der Waals surface area contributed by atoms with Crippen molar-refractivity contribution in [1.82, 2.24) is 5.32 Å². The summed E-state index contributed by atoms with van der Waals surface area (Å²) in [4.78, 5) is 0. The van der Waals surface area contributed by atoms with Crippen molar-refractivity contribution in [3.8, 4) is 0 Å². The van der Waals surface area contributed by atoms with Gasteiger partial charge in [-0.05, 0) is 77.0 Å². The van der Waals surface area contributed by atoms with Gasteiger partial charge in [0.25, 0.3) is 0 Å². The molecule has 48 heavy (non-hydrogen) atoms. The third-order valence-corrected chi connectivity index (χ3v) is 10.0. The second-order valence-corrected chi connectivity index (χ2v) is 14.5. The minimum atomic E-state index is -0.668. The molecule has 3 N–H and O–H groups in total. The number of hydrogen-bond donors (Lipinski definition) is 3. The standard InChI is InChI=1S/C43H77NO4/c1-3-5-7-9-11-13-15-17-19-21-23-25-27-29-31-33-35-43(47-41-39(45)37-44-38-40(46)42(41)48-43)36-34-32-30-28-26-24-22-20-18-16-14-12-10-8-6-4-2/h11-14,17-20,39-42,44-46H,3-10,15-16,21-38H2,1-2H3/b13-11-,14-12-,19-17-,20-18-/t39-,40+,41+,42-. The van der Waals surface area contributed by atoms with Gasteiger partial charge < -0.3 is 25.0 Å². The number of rotatable bonds is 30. The molecule has 278 valence electrons. The first-order valence-corrected chi connectivity index (χ1v) is 20.6. The second-order valence-electron chi connectivity index (χ2n) is 14.5. The lowest BCUT2D eigenvalue weighted by Gasteiger charge is -2.30. The Morgan fingerprint density at radius 3 is 1.19 bits per heavy atom. The first-order chi connectivity index (χ1) is 23.6. The first-order valence-electron chi connectivity index (χ1n) is 20.6. The molecule has 2 aliphatic heterocycles. The Morgan fingerprint density at radius 1 is 0.479 bits per heavy atom. The Morgan fingerprint density at radius 2 is 0.812 bits per heavy atom. The molecule has 0 aromatic heterocycles. The van der Waals surface area contributed by atoms with Crippen molar-refractivity contribution in [2.75, 3.05) is 13.1 Å². The van der Waals surface area contributed by atoms with Crippen molar-refractivity contribution >= 4 is 0 Å². The van der Waals surface area contributed by atoms with Crippen LogP contribution in [-0.4, -0.2) is 53.5 Å². The van der Waals surface area contributed by atoms with E-state index in [1.165, 1.54) is 128 Å². The summed E-state index contributed by atoms with van der Waals surface area (Å²) < 4.78 is 13.1. The molecule has 5 nitrogen and oxygen atoms in total. The molecule has 0 bridgehead atoms. The van der Waals surface area contributed by atoms with Gasteiger partial charge in [-0.15, -0.1) is 0 Å². The molecule has 2 rings (SSSR count). The van der Waals surface area contributed by atoms with Gasteiger partial charge in [-0.2, -0.15) is 0 Å². The van der Waals surface area contributed by atoms with Crippen molar-refractivity contribution < 1.29 is 19.7 Å². The Hall–Kier alpha value is -1.24. The van der Waals surface area contributed by atoms with Gasteiger partial charge in [0, 0.05) is 25.9 Å². The van der Waals surface area contributed by atoms with Gasteiger partial charge >= 0.3 is 0 Å². The molecule has 0 radical (unpaired) electrons. The molecular formula is C43H77NO4. The van der Waals surface area contributed by atoms with E-state index in [0.717, 1.165) is 38.5 Å². The first kappa shape index (κ1) is 42.9. The van der Waals surface area contributed by atoms with E-state index in [1.807, 2.05) is 0 Å². The fourth-order valence-corrected chi connectivity index (χ4v) is 6.99. The molecule has 0 amide bonds. The van der Waals surface area contributed by atoms with Crippen LogP contribution in [0.15, 0.2) is 48.6 Å². The highest BCUT2D eigenvalue weighted by Gasteiger charge is 2.52. The largest absolute Gasteiger partial charge is 0.389 e. The smallest absolute Gasteiger partial charge is 0.169 e. The van der Waals surface area contributed by atoms with Crippen LogP contribution in [0.4, 0.5) is 0 Å². The summed E-state index contributed by atoms with van der Waals surface area (Å²) in [5, 5.41) is 24.6. The molecular weight excluding hydrogens is 594 g/mol. The number of ether oxygens (including phenoxy) is 2. The molecule has 0 unspecified atom stereocenters. The molecule has 0 spiro atoms. The molecule has 0 aliphatic carbocycles. The van der Waals surface area contributed by atoms with Crippen LogP contribution >= 0.6 is 0 Å². The number of β-amino-alcohol motifs (C(OH)–C–C–N with tert-alkyl or cyclic N) is 2. The van der Waals surface area contributed by atoms with Crippen molar-refractivity contribution in [2.45, 2.75) is 211 Å². The van der Waals surface area contributed by atoms with Crippen LogP contribution in [0.3, 0.4) is 0 Å². The lowest BCUT2D eigenvalue weighted by Crippen LogP contribution is -2.41. The van der Waals surface area contributed by atoms with E-state index in [9.17, 15) is 10.2 Å². The van der Waals surface area contributed by atoms with E-state index in [2.05, 4.69) is 67.8 Å². The maximum atomic E-state index is 10.7. The number of nitrogens with one attached hydrogen (secondary N) is 1. The maximum Gasteiger partial charge on any atom is 0.169 e. The van der Waals surface area contributed by atoms with Crippen molar-refractivity contribution in [1.29, 1.82) is 0 Å². The molecule has 0 saturated carbocycles. The van der Waals surface area contributed by atoms with Gasteiger partial charge in [-0.25, -0.2) is 0 Å². The summed E-state index contributed by atoms with van der Waals surface area (Å²) in [6.07, 6.45) is 47.6. The van der Waals surface area contributed by atoms with Gasteiger partial charge in [0.15, 0.2) is 5.79 Å². The van der Waals surface area contributed by atoms with Gasteiger partial charge in [-0.1, -0.05) is 140 Å². The summed E-state index contributed by atoms with van der Waals surface area (Å²) in [5.41, 5.74) is 0. The fourth-order valence-electron chi connectivity index (χ4n) is 6.99. The normalized spacial score (nSPS) is 22.9. The third-order valence-electron chi connectivity index (χ3n) is 10.0. The minimum absolute atomic E-state index is 0.438. The number of allylic oxidation sites excluding steroid dienone is 8. The number of unbranched alkanes of at least 4 members (excludes halogenated alkanes) is 18. The molecule has 0 aromatic carbocycles. The number of aliphatic hydroxyl groups excluding tert-OH is 2. The van der Waals surface area contributed by atoms with Crippen molar-refractivity contribution in [3.63, 3.8) is 0 Å². The lowest BCUT2D eigenvalue weighted by atomic mass is 9.98. The topological polar surface area (TPSA) is 71.0 Å². The van der Waals surface area contributed by atoms with Crippen LogP contribution < -0.4 is 5.32 Å². The number of aliphatic hydroxyl groups is 2. The third kappa shape index (κ3) is 20.4. The van der Waals surface area contributed by atoms with Crippen LogP contribution in [0, 0.1) is 0 Å². The van der Waals surface area contributed by atoms with Crippen molar-refractivity contribution in [2.24, 2.45) is 0 Å². The summed E-state index contributed by atoms with van der Waals surface area (Å²) in [5.74, 6) is -0.668. The van der Waals surface area contributed by atoms with E-state index in [1.54, 1.807) is 0 Å². The van der Waals surface area contributed by atoms with Crippen LogP contribution in [0.1, 0.15) is 181 Å². The van der Waals surface area contributed by atoms with Gasteiger partial charge in [-0.3, -0.25) is 0 Å². The Kier molecular flexibility index (Phi) is 26.4. The highest BCUT2D eigenvalue weighted by atomic mass is 16.8. The minimum Gasteiger partial charge on any atom is -0.389 e. The summed E-state index contributed by atoms with van der Waals surface area (Å²) in [7, 11) is 0. The molecule has 5 heteroatoms. The maximum absolute atomic E-state index is 10.7. The van der Waals surface area contributed by atoms with Crippen LogP contribution in [0.5, 0.6) is 0 Å². The SMILES string of the molecule is CCCCC/C=C\C/C=C\CCCCCCCCC1(CCCCCCCC/C=C\C/C=C\CCCCC)O[C@@H]2[C@H](O1)[C@@H](O)CNC[C@H]2O. The van der Waals surface area contributed by atoms with E-state index in [0.29, 0.717) is 13.1 Å². The average molecular weight is 672 g/mol. The van der Waals surface area contributed by atoms with E-state index >= 15 is 0 Å². The summed E-state index contributed by atoms with van der Waals surface area (Å²) >= 11 is 0. The number of fused-ring (bicyclic) bond motifs is 1. The highest BCUT2D eigenvalue weighted by molar-refractivity contribution is 4.97. The van der Waals surface area contributed by atoms with Gasteiger partial charge in [0.05, 0.1) is 12.2 Å². The number of hydrogen-bond acceptors (Lipinski definition) is 5. The lowest BCUT2D eigenvalue weighted by molar-refractivity contribution is -0.199. The molecule has 2 heterocycles. The highest BCUT2D eigenvalue weighted by Crippen LogP contribution is 2.40. The van der Waals surface area contributed by atoms with Gasteiger partial charge in [0.2, 0.25) is 0 Å². The van der Waals surface area contributed by atoms with Crippen LogP contribution in [0.2, 0.25) is 0 Å². The quantitative estimate of drug-likeness (QED) is 0.0524. The molecule has 2 saturated heterocycles. The zero-order valence-corrected chi connectivity index (χ0v) is 31.4. The van der Waals surface area contributed by atoms with Crippen molar-refractivity contribution in [3.05, 3.63) is 48.6 Å². The predicted octanol–water partition coefficient (Wildman–Crippen LogP) is 11.2. The summed E-state index contributed by atoms with van der Waals surface area (Å²) in [6.45, 7) is 5.39. The molecule has 2 fully saturated rings. The predicted molar refractivity (Wildman–Crippen MR) is 205 cm³/mol. The van der Waals surface area contributed by atoms with E-state index < -0.39 is 30.2 Å². The Labute approximate surface area is 297 Å². The Bertz CT molecular complexity index is 784. The second kappa shape index (κ2) is 29.5. The Balaban J connectivity index is 1.61. The van der Waals surface area contributed by atoms with Crippen LogP contribution in [-0.2, 0) is 9.47 Å². The molecule has 2 aliphatic rings. The zero-order valence-electron chi connectivity index (χ0n) is 31.4. The zero-order chi connectivity index (χ0) is 34.4. The average Bonchev–Trinajstić information content (AvgIpc) is 3.42. The van der Waals surface area contributed by atoms with E-state index in [4.69, 9.17) is 9.47 Å². The molecule has 4 atom stereocenters. The van der Waals surface area contributed by atoms with E-state index in [-0.39, 0.29) is 0 Å². The molecule has 0 aromatic rings. The summed E-state index contributed by atoms with van der Waals surface area (Å²) in [6, 6.07) is 0. The fraction of sp³-hybridized carbons (Fsp3) is 0.814.